The lowest BCUT2D eigenvalue weighted by Gasteiger charge is -2.21. The molecule has 0 radical (unpaired) electrons. The van der Waals surface area contributed by atoms with E-state index in [0.29, 0.717) is 6.10 Å². The predicted octanol–water partition coefficient (Wildman–Crippen LogP) is 2.61. The molecule has 0 amide bonds. The largest absolute Gasteiger partial charge is 0.487 e. The highest BCUT2D eigenvalue weighted by molar-refractivity contribution is 5.12. The second-order valence-corrected chi connectivity index (χ2v) is 3.91. The third kappa shape index (κ3) is 2.28. The van der Waals surface area contributed by atoms with Gasteiger partial charge in [-0.15, -0.1) is 0 Å². The number of aryl methyl sites for hydroxylation is 1. The minimum absolute atomic E-state index is 0.429. The average molecular weight is 194 g/mol. The number of hydrogen-bond acceptors (Lipinski definition) is 2. The van der Waals surface area contributed by atoms with E-state index in [2.05, 4.69) is 12.0 Å². The summed E-state index contributed by atoms with van der Waals surface area (Å²) in [6.07, 6.45) is 10.6. The van der Waals surface area contributed by atoms with Crippen molar-refractivity contribution in [3.8, 4) is 5.75 Å². The van der Waals surface area contributed by atoms with E-state index in [9.17, 15) is 0 Å². The SMILES string of the molecule is CCn1cc(OC2CCCCC2)cn1. The van der Waals surface area contributed by atoms with Gasteiger partial charge in [-0.05, 0) is 32.6 Å². The first-order valence-corrected chi connectivity index (χ1v) is 5.57. The van der Waals surface area contributed by atoms with Crippen LogP contribution in [0.25, 0.3) is 0 Å². The van der Waals surface area contributed by atoms with Crippen LogP contribution in [0.4, 0.5) is 0 Å². The van der Waals surface area contributed by atoms with Gasteiger partial charge in [0.15, 0.2) is 5.75 Å². The van der Waals surface area contributed by atoms with E-state index >= 15 is 0 Å². The maximum atomic E-state index is 5.85. The van der Waals surface area contributed by atoms with Gasteiger partial charge in [0.1, 0.15) is 0 Å². The van der Waals surface area contributed by atoms with E-state index in [4.69, 9.17) is 4.74 Å². The molecule has 0 bridgehead atoms. The van der Waals surface area contributed by atoms with Crippen LogP contribution >= 0.6 is 0 Å². The number of ether oxygens (including phenoxy) is 1. The Morgan fingerprint density at radius 1 is 1.43 bits per heavy atom. The van der Waals surface area contributed by atoms with E-state index in [-0.39, 0.29) is 0 Å². The highest BCUT2D eigenvalue weighted by Gasteiger charge is 2.15. The monoisotopic (exact) mass is 194 g/mol. The molecule has 1 fully saturated rings. The molecule has 1 aliphatic rings. The third-order valence-electron chi connectivity index (χ3n) is 2.79. The summed E-state index contributed by atoms with van der Waals surface area (Å²) in [4.78, 5) is 0. The summed E-state index contributed by atoms with van der Waals surface area (Å²) in [5, 5.41) is 4.19. The summed E-state index contributed by atoms with van der Waals surface area (Å²) in [6.45, 7) is 2.99. The Morgan fingerprint density at radius 2 is 2.21 bits per heavy atom. The molecule has 2 rings (SSSR count). The molecule has 0 spiro atoms. The van der Waals surface area contributed by atoms with Crippen LogP contribution in [-0.2, 0) is 6.54 Å². The molecule has 1 aromatic heterocycles. The van der Waals surface area contributed by atoms with Gasteiger partial charge in [0.05, 0.1) is 18.5 Å². The maximum absolute atomic E-state index is 5.85. The minimum Gasteiger partial charge on any atom is -0.487 e. The molecule has 0 N–H and O–H groups in total. The standard InChI is InChI=1S/C11H18N2O/c1-2-13-9-11(8-12-13)14-10-6-4-3-5-7-10/h8-10H,2-7H2,1H3. The van der Waals surface area contributed by atoms with E-state index in [1.165, 1.54) is 32.1 Å². The first-order chi connectivity index (χ1) is 6.88. The van der Waals surface area contributed by atoms with E-state index < -0.39 is 0 Å². The lowest BCUT2D eigenvalue weighted by Crippen LogP contribution is -2.19. The van der Waals surface area contributed by atoms with Crippen LogP contribution in [0.1, 0.15) is 39.0 Å². The molecule has 0 aliphatic heterocycles. The predicted molar refractivity (Wildman–Crippen MR) is 55.4 cm³/mol. The van der Waals surface area contributed by atoms with Gasteiger partial charge in [0.2, 0.25) is 0 Å². The molecule has 1 saturated carbocycles. The Hall–Kier alpha value is -0.990. The molecule has 78 valence electrons. The van der Waals surface area contributed by atoms with Crippen molar-refractivity contribution in [2.45, 2.75) is 51.7 Å². The smallest absolute Gasteiger partial charge is 0.157 e. The summed E-state index contributed by atoms with van der Waals surface area (Å²) in [6, 6.07) is 0. The van der Waals surface area contributed by atoms with Crippen molar-refractivity contribution in [3.05, 3.63) is 12.4 Å². The molecular weight excluding hydrogens is 176 g/mol. The zero-order valence-electron chi connectivity index (χ0n) is 8.78. The molecule has 3 nitrogen and oxygen atoms in total. The molecule has 1 aliphatic carbocycles. The van der Waals surface area contributed by atoms with Crippen molar-refractivity contribution in [3.63, 3.8) is 0 Å². The van der Waals surface area contributed by atoms with Gasteiger partial charge in [0, 0.05) is 6.54 Å². The van der Waals surface area contributed by atoms with Crippen LogP contribution in [0.3, 0.4) is 0 Å². The van der Waals surface area contributed by atoms with Gasteiger partial charge in [-0.3, -0.25) is 4.68 Å². The third-order valence-corrected chi connectivity index (χ3v) is 2.79. The number of aromatic nitrogens is 2. The van der Waals surface area contributed by atoms with Crippen molar-refractivity contribution < 1.29 is 4.74 Å². The fourth-order valence-electron chi connectivity index (χ4n) is 1.95. The van der Waals surface area contributed by atoms with Crippen LogP contribution in [0, 0.1) is 0 Å². The molecule has 0 unspecified atom stereocenters. The summed E-state index contributed by atoms with van der Waals surface area (Å²) >= 11 is 0. The van der Waals surface area contributed by atoms with Gasteiger partial charge < -0.3 is 4.74 Å². The number of nitrogens with zero attached hydrogens (tertiary/aromatic N) is 2. The van der Waals surface area contributed by atoms with Crippen molar-refractivity contribution in [1.82, 2.24) is 9.78 Å². The minimum atomic E-state index is 0.429. The van der Waals surface area contributed by atoms with Crippen LogP contribution in [0.2, 0.25) is 0 Å². The highest BCUT2D eigenvalue weighted by Crippen LogP contribution is 2.22. The Labute approximate surface area is 85.1 Å². The Balaban J connectivity index is 1.89. The fourth-order valence-corrected chi connectivity index (χ4v) is 1.95. The van der Waals surface area contributed by atoms with Crippen molar-refractivity contribution >= 4 is 0 Å². The molecule has 0 aromatic carbocycles. The Morgan fingerprint density at radius 3 is 2.86 bits per heavy atom. The zero-order valence-corrected chi connectivity index (χ0v) is 8.78. The lowest BCUT2D eigenvalue weighted by atomic mass is 9.98. The second-order valence-electron chi connectivity index (χ2n) is 3.91. The molecular formula is C11H18N2O. The van der Waals surface area contributed by atoms with Crippen LogP contribution in [-0.4, -0.2) is 15.9 Å². The van der Waals surface area contributed by atoms with Crippen molar-refractivity contribution in [2.24, 2.45) is 0 Å². The van der Waals surface area contributed by atoms with Crippen LogP contribution in [0.15, 0.2) is 12.4 Å². The van der Waals surface area contributed by atoms with Crippen LogP contribution in [0.5, 0.6) is 5.75 Å². The lowest BCUT2D eigenvalue weighted by molar-refractivity contribution is 0.155. The highest BCUT2D eigenvalue weighted by atomic mass is 16.5. The van der Waals surface area contributed by atoms with E-state index in [1.807, 2.05) is 17.1 Å². The van der Waals surface area contributed by atoms with Gasteiger partial charge in [-0.2, -0.15) is 5.10 Å². The summed E-state index contributed by atoms with van der Waals surface area (Å²) < 4.78 is 7.76. The summed E-state index contributed by atoms with van der Waals surface area (Å²) in [7, 11) is 0. The summed E-state index contributed by atoms with van der Waals surface area (Å²) in [5.74, 6) is 0.929. The number of hydrogen-bond donors (Lipinski definition) is 0. The normalized spacial score (nSPS) is 18.4. The maximum Gasteiger partial charge on any atom is 0.157 e. The fraction of sp³-hybridized carbons (Fsp3) is 0.727. The molecule has 3 heteroatoms. The first kappa shape index (κ1) is 9.56. The molecule has 0 atom stereocenters. The molecule has 1 heterocycles. The van der Waals surface area contributed by atoms with Gasteiger partial charge >= 0.3 is 0 Å². The zero-order chi connectivity index (χ0) is 9.80. The quantitative estimate of drug-likeness (QED) is 0.739. The van der Waals surface area contributed by atoms with E-state index in [0.717, 1.165) is 12.3 Å². The van der Waals surface area contributed by atoms with Crippen molar-refractivity contribution in [1.29, 1.82) is 0 Å². The van der Waals surface area contributed by atoms with Gasteiger partial charge in [-0.25, -0.2) is 0 Å². The van der Waals surface area contributed by atoms with Gasteiger partial charge in [0.25, 0.3) is 0 Å². The van der Waals surface area contributed by atoms with Crippen molar-refractivity contribution in [2.75, 3.05) is 0 Å². The molecule has 14 heavy (non-hydrogen) atoms. The summed E-state index contributed by atoms with van der Waals surface area (Å²) in [5.41, 5.74) is 0. The van der Waals surface area contributed by atoms with Gasteiger partial charge in [-0.1, -0.05) is 6.42 Å². The first-order valence-electron chi connectivity index (χ1n) is 5.57. The van der Waals surface area contributed by atoms with E-state index in [1.54, 1.807) is 0 Å². The Bertz CT molecular complexity index is 277. The second kappa shape index (κ2) is 4.49. The van der Waals surface area contributed by atoms with Crippen LogP contribution < -0.4 is 4.74 Å². The molecule has 0 saturated heterocycles. The number of rotatable bonds is 3. The topological polar surface area (TPSA) is 27.1 Å². The molecule has 1 aromatic rings. The Kier molecular flexibility index (Phi) is 3.07. The average Bonchev–Trinajstić information content (AvgIpc) is 2.67.